The number of piperazine rings is 1. The van der Waals surface area contributed by atoms with E-state index in [0.29, 0.717) is 25.2 Å². The molecule has 2 fully saturated rings. The highest BCUT2D eigenvalue weighted by Gasteiger charge is 2.32. The third-order valence-corrected chi connectivity index (χ3v) is 10.6. The van der Waals surface area contributed by atoms with Crippen LogP contribution in [-0.2, 0) is 10.0 Å². The summed E-state index contributed by atoms with van der Waals surface area (Å²) in [4.78, 5) is 22.3. The standard InChI is InChI=1S/C27H34N4O3S2/c1-4-22-7-5-6-12-31(22)36(33,34)23-10-8-21(9-11-23)26(32)29-13-15-30(16-14-29)27-28-24-17-19(2)20(3)18-25(24)35-27/h8-11,17-18,22H,4-7,12-16H2,1-3H3. The number of aryl methyl sites for hydroxylation is 2. The number of carbonyl (C=O) groups excluding carboxylic acids is 1. The van der Waals surface area contributed by atoms with E-state index in [0.717, 1.165) is 49.4 Å². The lowest BCUT2D eigenvalue weighted by Crippen LogP contribution is -2.48. The van der Waals surface area contributed by atoms with Gasteiger partial charge in [-0.15, -0.1) is 0 Å². The quantitative estimate of drug-likeness (QED) is 0.476. The lowest BCUT2D eigenvalue weighted by molar-refractivity contribution is 0.0746. The van der Waals surface area contributed by atoms with E-state index < -0.39 is 10.0 Å². The average Bonchev–Trinajstić information content (AvgIpc) is 3.31. The van der Waals surface area contributed by atoms with Crippen LogP contribution < -0.4 is 4.90 Å². The number of anilines is 1. The lowest BCUT2D eigenvalue weighted by Gasteiger charge is -2.35. The molecule has 1 amide bonds. The molecule has 1 unspecified atom stereocenters. The lowest BCUT2D eigenvalue weighted by atomic mass is 10.0. The molecule has 1 atom stereocenters. The van der Waals surface area contributed by atoms with Gasteiger partial charge in [-0.1, -0.05) is 24.7 Å². The van der Waals surface area contributed by atoms with Crippen LogP contribution in [0.2, 0.25) is 0 Å². The van der Waals surface area contributed by atoms with Crippen LogP contribution in [0.4, 0.5) is 5.13 Å². The predicted molar refractivity (Wildman–Crippen MR) is 145 cm³/mol. The van der Waals surface area contributed by atoms with Crippen molar-refractivity contribution in [2.45, 2.75) is 57.4 Å². The van der Waals surface area contributed by atoms with E-state index in [2.05, 4.69) is 30.9 Å². The van der Waals surface area contributed by atoms with E-state index in [4.69, 9.17) is 4.98 Å². The zero-order valence-corrected chi connectivity index (χ0v) is 22.9. The zero-order valence-electron chi connectivity index (χ0n) is 21.2. The van der Waals surface area contributed by atoms with Crippen LogP contribution >= 0.6 is 11.3 Å². The Morgan fingerprint density at radius 1 is 1.00 bits per heavy atom. The smallest absolute Gasteiger partial charge is 0.253 e. The number of amides is 1. The van der Waals surface area contributed by atoms with Crippen LogP contribution in [0.25, 0.3) is 10.2 Å². The number of aromatic nitrogens is 1. The van der Waals surface area contributed by atoms with Crippen LogP contribution in [-0.4, -0.2) is 67.3 Å². The first-order chi connectivity index (χ1) is 17.3. The monoisotopic (exact) mass is 526 g/mol. The topological polar surface area (TPSA) is 73.8 Å². The molecule has 0 spiro atoms. The summed E-state index contributed by atoms with van der Waals surface area (Å²) < 4.78 is 29.3. The molecule has 36 heavy (non-hydrogen) atoms. The second-order valence-corrected chi connectivity index (χ2v) is 12.8. The molecule has 192 valence electrons. The van der Waals surface area contributed by atoms with Gasteiger partial charge in [0.1, 0.15) is 0 Å². The van der Waals surface area contributed by atoms with Crippen molar-refractivity contribution in [3.63, 3.8) is 0 Å². The molecule has 7 nitrogen and oxygen atoms in total. The van der Waals surface area contributed by atoms with Crippen molar-refractivity contribution >= 4 is 42.6 Å². The van der Waals surface area contributed by atoms with Gasteiger partial charge in [0.05, 0.1) is 15.1 Å². The molecule has 2 saturated heterocycles. The summed E-state index contributed by atoms with van der Waals surface area (Å²) in [5, 5.41) is 1.000. The van der Waals surface area contributed by atoms with Gasteiger partial charge in [0, 0.05) is 44.3 Å². The molecule has 0 saturated carbocycles. The molecule has 1 aromatic heterocycles. The number of sulfonamides is 1. The molecule has 3 aromatic rings. The Balaban J connectivity index is 1.24. The van der Waals surface area contributed by atoms with Crippen LogP contribution in [0.1, 0.15) is 54.1 Å². The highest BCUT2D eigenvalue weighted by molar-refractivity contribution is 7.89. The summed E-state index contributed by atoms with van der Waals surface area (Å²) >= 11 is 1.70. The van der Waals surface area contributed by atoms with Crippen molar-refractivity contribution in [1.29, 1.82) is 0 Å². The molecule has 0 aliphatic carbocycles. The average molecular weight is 527 g/mol. The predicted octanol–water partition coefficient (Wildman–Crippen LogP) is 4.83. The molecule has 3 heterocycles. The van der Waals surface area contributed by atoms with Crippen LogP contribution in [0, 0.1) is 13.8 Å². The van der Waals surface area contributed by atoms with Gasteiger partial charge in [-0.25, -0.2) is 13.4 Å². The first kappa shape index (κ1) is 25.2. The van der Waals surface area contributed by atoms with Crippen molar-refractivity contribution in [3.05, 3.63) is 53.1 Å². The number of benzene rings is 2. The van der Waals surface area contributed by atoms with E-state index in [-0.39, 0.29) is 16.8 Å². The molecular weight excluding hydrogens is 492 g/mol. The number of carbonyl (C=O) groups is 1. The van der Waals surface area contributed by atoms with Gasteiger partial charge >= 0.3 is 0 Å². The summed E-state index contributed by atoms with van der Waals surface area (Å²) in [7, 11) is -3.55. The van der Waals surface area contributed by atoms with Crippen molar-refractivity contribution in [2.75, 3.05) is 37.6 Å². The third-order valence-electron chi connectivity index (χ3n) is 7.58. The molecule has 9 heteroatoms. The van der Waals surface area contributed by atoms with Crippen LogP contribution in [0.5, 0.6) is 0 Å². The first-order valence-electron chi connectivity index (χ1n) is 12.8. The van der Waals surface area contributed by atoms with Crippen molar-refractivity contribution in [2.24, 2.45) is 0 Å². The summed E-state index contributed by atoms with van der Waals surface area (Å²) in [6, 6.07) is 10.9. The molecule has 0 bridgehead atoms. The molecule has 5 rings (SSSR count). The van der Waals surface area contributed by atoms with Gasteiger partial charge < -0.3 is 9.80 Å². The second-order valence-electron chi connectivity index (χ2n) is 9.88. The van der Waals surface area contributed by atoms with Gasteiger partial charge in [0.15, 0.2) is 5.13 Å². The highest BCUT2D eigenvalue weighted by atomic mass is 32.2. The maximum atomic E-state index is 13.2. The Hall–Kier alpha value is -2.49. The van der Waals surface area contributed by atoms with Gasteiger partial charge in [0.2, 0.25) is 10.0 Å². The number of hydrogen-bond acceptors (Lipinski definition) is 6. The zero-order chi connectivity index (χ0) is 25.4. The van der Waals surface area contributed by atoms with E-state index in [1.54, 1.807) is 39.9 Å². The summed E-state index contributed by atoms with van der Waals surface area (Å²) in [6.45, 7) is 9.51. The Bertz CT molecular complexity index is 1320. The summed E-state index contributed by atoms with van der Waals surface area (Å²) in [5.41, 5.74) is 4.07. The molecule has 2 aliphatic heterocycles. The fourth-order valence-electron chi connectivity index (χ4n) is 5.19. The minimum atomic E-state index is -3.55. The molecule has 2 aromatic carbocycles. The van der Waals surface area contributed by atoms with Gasteiger partial charge in [-0.3, -0.25) is 4.79 Å². The minimum Gasteiger partial charge on any atom is -0.345 e. The minimum absolute atomic E-state index is 0.0569. The van der Waals surface area contributed by atoms with E-state index in [9.17, 15) is 13.2 Å². The van der Waals surface area contributed by atoms with Gasteiger partial charge in [0.25, 0.3) is 5.91 Å². The van der Waals surface area contributed by atoms with Crippen molar-refractivity contribution in [3.8, 4) is 0 Å². The summed E-state index contributed by atoms with van der Waals surface area (Å²) in [5.74, 6) is -0.0569. The Morgan fingerprint density at radius 2 is 1.69 bits per heavy atom. The van der Waals surface area contributed by atoms with E-state index in [1.807, 2.05) is 11.8 Å². The Labute approximate surface area is 217 Å². The number of nitrogens with zero attached hydrogens (tertiary/aromatic N) is 4. The highest BCUT2D eigenvalue weighted by Crippen LogP contribution is 2.32. The van der Waals surface area contributed by atoms with Crippen LogP contribution in [0.3, 0.4) is 0 Å². The Morgan fingerprint density at radius 3 is 2.39 bits per heavy atom. The fourth-order valence-corrected chi connectivity index (χ4v) is 8.05. The number of rotatable bonds is 5. The molecular formula is C27H34N4O3S2. The number of fused-ring (bicyclic) bond motifs is 1. The van der Waals surface area contributed by atoms with Crippen LogP contribution in [0.15, 0.2) is 41.3 Å². The maximum Gasteiger partial charge on any atom is 0.253 e. The van der Waals surface area contributed by atoms with Gasteiger partial charge in [-0.05, 0) is 80.6 Å². The number of hydrogen-bond donors (Lipinski definition) is 0. The first-order valence-corrected chi connectivity index (χ1v) is 15.1. The van der Waals surface area contributed by atoms with Gasteiger partial charge in [-0.2, -0.15) is 4.31 Å². The van der Waals surface area contributed by atoms with Crippen molar-refractivity contribution < 1.29 is 13.2 Å². The third kappa shape index (κ3) is 4.76. The van der Waals surface area contributed by atoms with E-state index >= 15 is 0 Å². The second kappa shape index (κ2) is 10.1. The number of thiazole rings is 1. The fraction of sp³-hybridized carbons (Fsp3) is 0.481. The SMILES string of the molecule is CCC1CCCCN1S(=O)(=O)c1ccc(C(=O)N2CCN(c3nc4cc(C)c(C)cc4s3)CC2)cc1. The largest absolute Gasteiger partial charge is 0.345 e. The molecule has 0 radical (unpaired) electrons. The molecule has 2 aliphatic rings. The maximum absolute atomic E-state index is 13.2. The van der Waals surface area contributed by atoms with E-state index in [1.165, 1.54) is 15.8 Å². The molecule has 0 N–H and O–H groups in total. The number of piperidine rings is 1. The summed E-state index contributed by atoms with van der Waals surface area (Å²) in [6.07, 6.45) is 3.70. The normalized spacial score (nSPS) is 19.7. The van der Waals surface area contributed by atoms with Crippen molar-refractivity contribution in [1.82, 2.24) is 14.2 Å². The Kier molecular flexibility index (Phi) is 7.07.